The number of hydrogen-bond acceptors (Lipinski definition) is 4. The molecule has 0 unspecified atom stereocenters. The molecular formula is C7H10N2O2S. The van der Waals surface area contributed by atoms with Gasteiger partial charge in [0, 0.05) is 24.5 Å². The Kier molecular flexibility index (Phi) is 3.69. The largest absolute Gasteiger partial charge is 0.480 e. The maximum atomic E-state index is 10.1. The standard InChI is InChI=1S/C7H10N2O2S/c10-7(11)5-8-2-1-6-9-3-4-12-6/h3-4,8H,1-2,5H2,(H,10,11). The molecule has 0 spiro atoms. The fourth-order valence-electron chi connectivity index (χ4n) is 0.767. The van der Waals surface area contributed by atoms with Crippen molar-refractivity contribution in [2.75, 3.05) is 13.1 Å². The summed E-state index contributed by atoms with van der Waals surface area (Å²) < 4.78 is 0. The lowest BCUT2D eigenvalue weighted by Gasteiger charge is -1.97. The van der Waals surface area contributed by atoms with E-state index in [0.717, 1.165) is 11.4 Å². The molecule has 0 saturated carbocycles. The third kappa shape index (κ3) is 3.45. The molecule has 66 valence electrons. The normalized spacial score (nSPS) is 10.0. The highest BCUT2D eigenvalue weighted by atomic mass is 32.1. The maximum absolute atomic E-state index is 10.1. The van der Waals surface area contributed by atoms with Crippen LogP contribution in [0.4, 0.5) is 0 Å². The smallest absolute Gasteiger partial charge is 0.317 e. The van der Waals surface area contributed by atoms with E-state index in [0.29, 0.717) is 6.54 Å². The third-order valence-corrected chi connectivity index (χ3v) is 2.11. The van der Waals surface area contributed by atoms with Gasteiger partial charge in [-0.2, -0.15) is 0 Å². The predicted octanol–water partition coefficient (Wildman–Crippen LogP) is 0.360. The van der Waals surface area contributed by atoms with Crippen LogP contribution in [-0.2, 0) is 11.2 Å². The number of aliphatic carboxylic acids is 1. The van der Waals surface area contributed by atoms with Crippen molar-refractivity contribution in [2.45, 2.75) is 6.42 Å². The maximum Gasteiger partial charge on any atom is 0.317 e. The summed E-state index contributed by atoms with van der Waals surface area (Å²) in [7, 11) is 0. The van der Waals surface area contributed by atoms with Gasteiger partial charge in [-0.25, -0.2) is 4.98 Å². The van der Waals surface area contributed by atoms with Gasteiger partial charge in [-0.05, 0) is 0 Å². The first-order valence-electron chi connectivity index (χ1n) is 3.60. The van der Waals surface area contributed by atoms with Gasteiger partial charge in [0.25, 0.3) is 0 Å². The molecule has 0 aliphatic heterocycles. The topological polar surface area (TPSA) is 62.2 Å². The van der Waals surface area contributed by atoms with Crippen LogP contribution in [0, 0.1) is 0 Å². The number of carboxylic acids is 1. The molecule has 0 radical (unpaired) electrons. The van der Waals surface area contributed by atoms with Crippen LogP contribution in [0.15, 0.2) is 11.6 Å². The molecule has 1 aromatic rings. The van der Waals surface area contributed by atoms with Gasteiger partial charge in [-0.1, -0.05) is 0 Å². The van der Waals surface area contributed by atoms with Gasteiger partial charge in [-0.15, -0.1) is 11.3 Å². The van der Waals surface area contributed by atoms with Crippen molar-refractivity contribution in [2.24, 2.45) is 0 Å². The van der Waals surface area contributed by atoms with Gasteiger partial charge in [-0.3, -0.25) is 4.79 Å². The number of hydrogen-bond donors (Lipinski definition) is 2. The molecule has 0 aliphatic carbocycles. The van der Waals surface area contributed by atoms with Gasteiger partial charge >= 0.3 is 5.97 Å². The van der Waals surface area contributed by atoms with E-state index in [2.05, 4.69) is 10.3 Å². The summed E-state index contributed by atoms with van der Waals surface area (Å²) in [6, 6.07) is 0. The van der Waals surface area contributed by atoms with Crippen LogP contribution < -0.4 is 5.32 Å². The fraction of sp³-hybridized carbons (Fsp3) is 0.429. The van der Waals surface area contributed by atoms with Crippen LogP contribution in [0.1, 0.15) is 5.01 Å². The Morgan fingerprint density at radius 3 is 3.17 bits per heavy atom. The second kappa shape index (κ2) is 4.84. The minimum absolute atomic E-state index is 0.0192. The van der Waals surface area contributed by atoms with E-state index < -0.39 is 5.97 Å². The third-order valence-electron chi connectivity index (χ3n) is 1.28. The van der Waals surface area contributed by atoms with Crippen LogP contribution in [0.25, 0.3) is 0 Å². The zero-order valence-electron chi connectivity index (χ0n) is 6.49. The number of carboxylic acid groups (broad SMARTS) is 1. The molecule has 4 nitrogen and oxygen atoms in total. The van der Waals surface area contributed by atoms with E-state index in [1.165, 1.54) is 0 Å². The summed E-state index contributed by atoms with van der Waals surface area (Å²) in [6.07, 6.45) is 2.54. The van der Waals surface area contributed by atoms with E-state index in [1.807, 2.05) is 5.38 Å². The summed E-state index contributed by atoms with van der Waals surface area (Å²) in [5, 5.41) is 14.0. The molecule has 0 bridgehead atoms. The second-order valence-corrected chi connectivity index (χ2v) is 3.23. The molecule has 0 saturated heterocycles. The lowest BCUT2D eigenvalue weighted by molar-refractivity contribution is -0.135. The minimum atomic E-state index is -0.825. The highest BCUT2D eigenvalue weighted by molar-refractivity contribution is 7.09. The molecule has 0 atom stereocenters. The Hall–Kier alpha value is -0.940. The van der Waals surface area contributed by atoms with E-state index in [9.17, 15) is 4.79 Å². The SMILES string of the molecule is O=C(O)CNCCc1nccs1. The van der Waals surface area contributed by atoms with Crippen molar-refractivity contribution in [1.82, 2.24) is 10.3 Å². The Morgan fingerprint density at radius 2 is 2.58 bits per heavy atom. The van der Waals surface area contributed by atoms with Gasteiger partial charge < -0.3 is 10.4 Å². The number of rotatable bonds is 5. The first-order valence-corrected chi connectivity index (χ1v) is 4.48. The fourth-order valence-corrected chi connectivity index (χ4v) is 1.39. The first-order chi connectivity index (χ1) is 5.79. The number of carbonyl (C=O) groups is 1. The Balaban J connectivity index is 2.07. The van der Waals surface area contributed by atoms with E-state index in [-0.39, 0.29) is 6.54 Å². The average molecular weight is 186 g/mol. The molecule has 2 N–H and O–H groups in total. The van der Waals surface area contributed by atoms with Crippen molar-refractivity contribution in [1.29, 1.82) is 0 Å². The molecule has 0 aliphatic rings. The summed E-state index contributed by atoms with van der Waals surface area (Å²) in [5.41, 5.74) is 0. The lowest BCUT2D eigenvalue weighted by atomic mass is 10.4. The van der Waals surface area contributed by atoms with Gasteiger partial charge in [0.2, 0.25) is 0 Å². The number of thiazole rings is 1. The van der Waals surface area contributed by atoms with Crippen LogP contribution >= 0.6 is 11.3 Å². The monoisotopic (exact) mass is 186 g/mol. The van der Waals surface area contributed by atoms with E-state index in [1.54, 1.807) is 17.5 Å². The zero-order valence-corrected chi connectivity index (χ0v) is 7.30. The quantitative estimate of drug-likeness (QED) is 0.652. The number of aromatic nitrogens is 1. The molecule has 1 aromatic heterocycles. The predicted molar refractivity (Wildman–Crippen MR) is 46.3 cm³/mol. The van der Waals surface area contributed by atoms with Crippen molar-refractivity contribution in [3.05, 3.63) is 16.6 Å². The van der Waals surface area contributed by atoms with Crippen molar-refractivity contribution in [3.8, 4) is 0 Å². The molecule has 0 fully saturated rings. The first kappa shape index (κ1) is 9.15. The summed E-state index contributed by atoms with van der Waals surface area (Å²) in [4.78, 5) is 14.1. The van der Waals surface area contributed by atoms with Crippen LogP contribution in [-0.4, -0.2) is 29.1 Å². The molecule has 5 heteroatoms. The zero-order chi connectivity index (χ0) is 8.81. The Morgan fingerprint density at radius 1 is 1.75 bits per heavy atom. The van der Waals surface area contributed by atoms with E-state index in [4.69, 9.17) is 5.11 Å². The van der Waals surface area contributed by atoms with Crippen LogP contribution in [0.5, 0.6) is 0 Å². The summed E-state index contributed by atoms with van der Waals surface area (Å²) in [5.74, 6) is -0.825. The highest BCUT2D eigenvalue weighted by Gasteiger charge is 1.96. The number of nitrogens with zero attached hydrogens (tertiary/aromatic N) is 1. The molecule has 1 rings (SSSR count). The summed E-state index contributed by atoms with van der Waals surface area (Å²) in [6.45, 7) is 0.686. The average Bonchev–Trinajstić information content (AvgIpc) is 2.49. The minimum Gasteiger partial charge on any atom is -0.480 e. The molecule has 1 heterocycles. The van der Waals surface area contributed by atoms with Crippen molar-refractivity contribution in [3.63, 3.8) is 0 Å². The van der Waals surface area contributed by atoms with Gasteiger partial charge in [0.15, 0.2) is 0 Å². The Labute approximate surface area is 74.3 Å². The van der Waals surface area contributed by atoms with Crippen LogP contribution in [0.2, 0.25) is 0 Å². The number of nitrogens with one attached hydrogen (secondary N) is 1. The van der Waals surface area contributed by atoms with Gasteiger partial charge in [0.05, 0.1) is 11.6 Å². The van der Waals surface area contributed by atoms with Crippen molar-refractivity contribution >= 4 is 17.3 Å². The van der Waals surface area contributed by atoms with Gasteiger partial charge in [0.1, 0.15) is 0 Å². The Bertz CT molecular complexity index is 236. The van der Waals surface area contributed by atoms with Crippen molar-refractivity contribution < 1.29 is 9.90 Å². The molecule has 0 amide bonds. The molecule has 0 aromatic carbocycles. The highest BCUT2D eigenvalue weighted by Crippen LogP contribution is 2.02. The molecular weight excluding hydrogens is 176 g/mol. The molecule has 12 heavy (non-hydrogen) atoms. The van der Waals surface area contributed by atoms with E-state index >= 15 is 0 Å². The lowest BCUT2D eigenvalue weighted by Crippen LogP contribution is -2.24. The van der Waals surface area contributed by atoms with Crippen LogP contribution in [0.3, 0.4) is 0 Å². The second-order valence-electron chi connectivity index (χ2n) is 2.25. The summed E-state index contributed by atoms with van der Waals surface area (Å²) >= 11 is 1.58.